The van der Waals surface area contributed by atoms with Crippen molar-refractivity contribution in [3.63, 3.8) is 0 Å². The molecule has 0 aliphatic carbocycles. The minimum atomic E-state index is -0.0400. The molecule has 5 nitrogen and oxygen atoms in total. The van der Waals surface area contributed by atoms with Crippen LogP contribution < -0.4 is 9.47 Å². The minimum absolute atomic E-state index is 0.0400. The SMILES string of the molecule is COc1ccc(C=O)c(N=O)c1OC. The van der Waals surface area contributed by atoms with Crippen molar-refractivity contribution >= 4 is 12.0 Å². The number of benzene rings is 1. The van der Waals surface area contributed by atoms with E-state index < -0.39 is 0 Å². The van der Waals surface area contributed by atoms with Gasteiger partial charge in [-0.05, 0) is 17.3 Å². The Bertz CT molecular complexity index is 362. The van der Waals surface area contributed by atoms with E-state index >= 15 is 0 Å². The van der Waals surface area contributed by atoms with Gasteiger partial charge in [-0.15, -0.1) is 4.91 Å². The highest BCUT2D eigenvalue weighted by Crippen LogP contribution is 2.38. The Morgan fingerprint density at radius 3 is 2.43 bits per heavy atom. The molecule has 0 aliphatic rings. The van der Waals surface area contributed by atoms with Crippen molar-refractivity contribution in [3.8, 4) is 11.5 Å². The molecule has 14 heavy (non-hydrogen) atoms. The number of rotatable bonds is 4. The van der Waals surface area contributed by atoms with E-state index in [9.17, 15) is 9.70 Å². The van der Waals surface area contributed by atoms with Gasteiger partial charge in [0.15, 0.2) is 23.5 Å². The predicted octanol–water partition coefficient (Wildman–Crippen LogP) is 1.91. The van der Waals surface area contributed by atoms with Crippen molar-refractivity contribution in [2.24, 2.45) is 5.18 Å². The number of nitrogens with zero attached hydrogens (tertiary/aromatic N) is 1. The molecule has 74 valence electrons. The second-order valence-corrected chi connectivity index (χ2v) is 2.45. The molecular formula is C9H9NO4. The molecule has 0 unspecified atom stereocenters. The Labute approximate surface area is 80.6 Å². The van der Waals surface area contributed by atoms with Gasteiger partial charge in [0.2, 0.25) is 0 Å². The third kappa shape index (κ3) is 1.56. The second-order valence-electron chi connectivity index (χ2n) is 2.45. The molecule has 0 saturated heterocycles. The largest absolute Gasteiger partial charge is 0.493 e. The van der Waals surface area contributed by atoms with Crippen LogP contribution >= 0.6 is 0 Å². The first-order valence-corrected chi connectivity index (χ1v) is 3.82. The summed E-state index contributed by atoms with van der Waals surface area (Å²) in [6.07, 6.45) is 0.540. The van der Waals surface area contributed by atoms with Crippen molar-refractivity contribution in [3.05, 3.63) is 22.6 Å². The summed E-state index contributed by atoms with van der Waals surface area (Å²) in [6.45, 7) is 0. The molecule has 0 aliphatic heterocycles. The van der Waals surface area contributed by atoms with Gasteiger partial charge in [0.1, 0.15) is 0 Å². The predicted molar refractivity (Wildman–Crippen MR) is 50.4 cm³/mol. The molecular weight excluding hydrogens is 186 g/mol. The summed E-state index contributed by atoms with van der Waals surface area (Å²) >= 11 is 0. The zero-order chi connectivity index (χ0) is 10.6. The first-order chi connectivity index (χ1) is 6.78. The maximum atomic E-state index is 10.6. The number of ether oxygens (including phenoxy) is 2. The van der Waals surface area contributed by atoms with Crippen molar-refractivity contribution < 1.29 is 14.3 Å². The van der Waals surface area contributed by atoms with Crippen molar-refractivity contribution in [2.75, 3.05) is 14.2 Å². The zero-order valence-corrected chi connectivity index (χ0v) is 7.81. The molecule has 0 atom stereocenters. The summed E-state index contributed by atoms with van der Waals surface area (Å²) in [5, 5.41) is 2.73. The van der Waals surface area contributed by atoms with Gasteiger partial charge in [-0.25, -0.2) is 0 Å². The van der Waals surface area contributed by atoms with Crippen LogP contribution in [-0.2, 0) is 0 Å². The molecule has 0 spiro atoms. The number of aldehydes is 1. The standard InChI is InChI=1S/C9H9NO4/c1-13-7-4-3-6(5-11)8(10-12)9(7)14-2/h3-5H,1-2H3. The van der Waals surface area contributed by atoms with E-state index in [1.54, 1.807) is 0 Å². The van der Waals surface area contributed by atoms with Crippen LogP contribution in [0.5, 0.6) is 11.5 Å². The Kier molecular flexibility index (Phi) is 3.17. The molecule has 5 heteroatoms. The number of methoxy groups -OCH3 is 2. The average molecular weight is 195 g/mol. The fraction of sp³-hybridized carbons (Fsp3) is 0.222. The third-order valence-corrected chi connectivity index (χ3v) is 1.77. The maximum absolute atomic E-state index is 10.6. The number of hydrogen-bond acceptors (Lipinski definition) is 5. The van der Waals surface area contributed by atoms with Crippen molar-refractivity contribution in [1.82, 2.24) is 0 Å². The number of carbonyl (C=O) groups is 1. The first-order valence-electron chi connectivity index (χ1n) is 3.82. The lowest BCUT2D eigenvalue weighted by Crippen LogP contribution is -1.93. The van der Waals surface area contributed by atoms with Crippen LogP contribution in [0.2, 0.25) is 0 Å². The lowest BCUT2D eigenvalue weighted by molar-refractivity contribution is 0.112. The molecule has 0 aromatic heterocycles. The molecule has 0 fully saturated rings. The second kappa shape index (κ2) is 4.36. The maximum Gasteiger partial charge on any atom is 0.190 e. The van der Waals surface area contributed by atoms with Gasteiger partial charge in [-0.1, -0.05) is 0 Å². The third-order valence-electron chi connectivity index (χ3n) is 1.77. The van der Waals surface area contributed by atoms with Crippen LogP contribution in [0.15, 0.2) is 17.3 Å². The van der Waals surface area contributed by atoms with Gasteiger partial charge in [0.05, 0.1) is 14.2 Å². The Balaban J connectivity index is 3.43. The Morgan fingerprint density at radius 1 is 1.29 bits per heavy atom. The number of hydrogen-bond donors (Lipinski definition) is 0. The first kappa shape index (κ1) is 10.2. The Morgan fingerprint density at radius 2 is 2.00 bits per heavy atom. The Hall–Kier alpha value is -1.91. The summed E-state index contributed by atoms with van der Waals surface area (Å²) in [5.74, 6) is 0.541. The minimum Gasteiger partial charge on any atom is -0.493 e. The summed E-state index contributed by atoms with van der Waals surface area (Å²) < 4.78 is 9.86. The lowest BCUT2D eigenvalue weighted by atomic mass is 10.1. The normalized spacial score (nSPS) is 9.29. The van der Waals surface area contributed by atoms with Gasteiger partial charge in [0, 0.05) is 5.56 Å². The molecule has 0 saturated carbocycles. The molecule has 0 amide bonds. The molecule has 1 aromatic rings. The highest BCUT2D eigenvalue weighted by molar-refractivity contribution is 5.86. The summed E-state index contributed by atoms with van der Waals surface area (Å²) in [7, 11) is 2.81. The van der Waals surface area contributed by atoms with E-state index in [1.807, 2.05) is 0 Å². The highest BCUT2D eigenvalue weighted by Gasteiger charge is 2.14. The molecule has 0 heterocycles. The highest BCUT2D eigenvalue weighted by atomic mass is 16.5. The average Bonchev–Trinajstić information content (AvgIpc) is 2.26. The lowest BCUT2D eigenvalue weighted by Gasteiger charge is -2.09. The van der Waals surface area contributed by atoms with E-state index in [-0.39, 0.29) is 17.0 Å². The van der Waals surface area contributed by atoms with Crippen LogP contribution in [0.25, 0.3) is 0 Å². The van der Waals surface area contributed by atoms with Gasteiger partial charge in [-0.3, -0.25) is 4.79 Å². The smallest absolute Gasteiger partial charge is 0.190 e. The van der Waals surface area contributed by atoms with Crippen LogP contribution in [0, 0.1) is 4.91 Å². The van der Waals surface area contributed by atoms with E-state index in [0.29, 0.717) is 12.0 Å². The number of nitroso groups, excluding NO2 is 1. The van der Waals surface area contributed by atoms with Crippen LogP contribution in [0.3, 0.4) is 0 Å². The molecule has 1 aromatic carbocycles. The zero-order valence-electron chi connectivity index (χ0n) is 7.81. The van der Waals surface area contributed by atoms with Crippen molar-refractivity contribution in [2.45, 2.75) is 0 Å². The van der Waals surface area contributed by atoms with Crippen LogP contribution in [0.4, 0.5) is 5.69 Å². The van der Waals surface area contributed by atoms with Crippen LogP contribution in [0.1, 0.15) is 10.4 Å². The van der Waals surface area contributed by atoms with E-state index in [0.717, 1.165) is 0 Å². The van der Waals surface area contributed by atoms with Gasteiger partial charge in [0.25, 0.3) is 0 Å². The fourth-order valence-electron chi connectivity index (χ4n) is 1.12. The summed E-state index contributed by atoms with van der Waals surface area (Å²) in [4.78, 5) is 21.0. The molecule has 1 rings (SSSR count). The molecule has 0 N–H and O–H groups in total. The summed E-state index contributed by atoms with van der Waals surface area (Å²) in [5.41, 5.74) is 0.138. The fourth-order valence-corrected chi connectivity index (χ4v) is 1.12. The van der Waals surface area contributed by atoms with Crippen LogP contribution in [-0.4, -0.2) is 20.5 Å². The quantitative estimate of drug-likeness (QED) is 0.543. The molecule has 0 bridgehead atoms. The molecule has 0 radical (unpaired) electrons. The van der Waals surface area contributed by atoms with Gasteiger partial charge in [-0.2, -0.15) is 0 Å². The topological polar surface area (TPSA) is 65.0 Å². The van der Waals surface area contributed by atoms with Gasteiger partial charge < -0.3 is 9.47 Å². The van der Waals surface area contributed by atoms with E-state index in [1.165, 1.54) is 26.4 Å². The monoisotopic (exact) mass is 195 g/mol. The van der Waals surface area contributed by atoms with Gasteiger partial charge >= 0.3 is 0 Å². The summed E-state index contributed by atoms with van der Waals surface area (Å²) in [6, 6.07) is 2.99. The van der Waals surface area contributed by atoms with E-state index in [2.05, 4.69) is 5.18 Å². The van der Waals surface area contributed by atoms with Crippen molar-refractivity contribution in [1.29, 1.82) is 0 Å². The van der Waals surface area contributed by atoms with E-state index in [4.69, 9.17) is 9.47 Å². The number of carbonyl (C=O) groups excluding carboxylic acids is 1.